The summed E-state index contributed by atoms with van der Waals surface area (Å²) in [6.07, 6.45) is 26.2. The number of nitrogens with one attached hydrogen (secondary N) is 1. The van der Waals surface area contributed by atoms with E-state index in [1.807, 2.05) is 0 Å². The van der Waals surface area contributed by atoms with E-state index in [2.05, 4.69) is 9.88 Å². The fourth-order valence-corrected chi connectivity index (χ4v) is 6.64. The third-order valence-corrected chi connectivity index (χ3v) is 9.03. The molecule has 1 N–H and O–H groups in total. The van der Waals surface area contributed by atoms with Crippen molar-refractivity contribution < 1.29 is 0 Å². The molecule has 2 nitrogen and oxygen atoms in total. The van der Waals surface area contributed by atoms with Crippen LogP contribution in [0.5, 0.6) is 0 Å². The highest BCUT2D eigenvalue weighted by atomic mass is 15.2. The zero-order chi connectivity index (χ0) is 20.2. The molecule has 3 saturated carbocycles. The Morgan fingerprint density at radius 3 is 1.67 bits per heavy atom. The Hall–Kier alpha value is -0.760. The minimum atomic E-state index is 1.00. The van der Waals surface area contributed by atoms with E-state index in [4.69, 9.17) is 0 Å². The van der Waals surface area contributed by atoms with Crippen LogP contribution in [0.3, 0.4) is 0 Å². The fourth-order valence-electron chi connectivity index (χ4n) is 6.64. The number of H-pyrrole nitrogens is 1. The van der Waals surface area contributed by atoms with Gasteiger partial charge in [0.25, 0.3) is 0 Å². The third kappa shape index (κ3) is 5.53. The van der Waals surface area contributed by atoms with Gasteiger partial charge in [0.2, 0.25) is 0 Å². The molecule has 5 rings (SSSR count). The number of aryl methyl sites for hydroxylation is 1. The van der Waals surface area contributed by atoms with Crippen molar-refractivity contribution in [2.45, 2.75) is 122 Å². The molecule has 2 heteroatoms. The number of hydrogen-bond donors (Lipinski definition) is 1. The summed E-state index contributed by atoms with van der Waals surface area (Å²) in [7, 11) is 0. The van der Waals surface area contributed by atoms with Gasteiger partial charge in [-0.2, -0.15) is 0 Å². The molecule has 0 aromatic carbocycles. The minimum absolute atomic E-state index is 1.00. The molecule has 0 bridgehead atoms. The van der Waals surface area contributed by atoms with E-state index in [0.29, 0.717) is 0 Å². The Bertz CT molecular complexity index is 654. The Labute approximate surface area is 185 Å². The topological polar surface area (TPSA) is 19.0 Å². The molecule has 0 spiro atoms. The normalized spacial score (nSPS) is 23.9. The molecule has 4 aliphatic rings. The van der Waals surface area contributed by atoms with Gasteiger partial charge in [0.05, 0.1) is 0 Å². The quantitative estimate of drug-likeness (QED) is 0.409. The molecular weight excluding hydrogens is 364 g/mol. The van der Waals surface area contributed by atoms with Crippen LogP contribution in [0, 0.1) is 17.8 Å². The maximum absolute atomic E-state index is 4.05. The van der Waals surface area contributed by atoms with Gasteiger partial charge < -0.3 is 4.98 Å². The van der Waals surface area contributed by atoms with E-state index in [0.717, 1.165) is 17.8 Å². The number of hydrogen-bond acceptors (Lipinski definition) is 1. The first-order chi connectivity index (χ1) is 14.8. The van der Waals surface area contributed by atoms with Gasteiger partial charge in [0, 0.05) is 17.9 Å². The average molecular weight is 411 g/mol. The van der Waals surface area contributed by atoms with E-state index in [-0.39, 0.29) is 0 Å². The van der Waals surface area contributed by atoms with Crippen LogP contribution in [0.25, 0.3) is 0 Å². The molecular formula is C28H46N2. The average Bonchev–Trinajstić information content (AvgIpc) is 3.30. The SMILES string of the molecule is C1CCC(CCc2c(CN3CCC3)[nH]c(CCC3CC3)c2CCC2CCCC2)CC1. The maximum atomic E-state index is 4.05. The first kappa shape index (κ1) is 21.1. The molecule has 1 aliphatic heterocycles. The van der Waals surface area contributed by atoms with Crippen LogP contribution in [-0.2, 0) is 25.8 Å². The van der Waals surface area contributed by atoms with Crippen LogP contribution in [0.15, 0.2) is 0 Å². The van der Waals surface area contributed by atoms with E-state index in [1.54, 1.807) is 22.5 Å². The van der Waals surface area contributed by atoms with Gasteiger partial charge in [0.1, 0.15) is 0 Å². The van der Waals surface area contributed by atoms with Crippen LogP contribution in [-0.4, -0.2) is 23.0 Å². The van der Waals surface area contributed by atoms with Gasteiger partial charge in [-0.25, -0.2) is 0 Å². The second kappa shape index (κ2) is 10.2. The van der Waals surface area contributed by atoms with Crippen LogP contribution < -0.4 is 0 Å². The molecule has 0 unspecified atom stereocenters. The molecule has 4 fully saturated rings. The monoisotopic (exact) mass is 410 g/mol. The fraction of sp³-hybridized carbons (Fsp3) is 0.857. The van der Waals surface area contributed by atoms with Crippen molar-refractivity contribution >= 4 is 0 Å². The molecule has 30 heavy (non-hydrogen) atoms. The number of aromatic nitrogens is 1. The highest BCUT2D eigenvalue weighted by molar-refractivity contribution is 5.38. The maximum Gasteiger partial charge on any atom is 0.0388 e. The summed E-state index contributed by atoms with van der Waals surface area (Å²) in [6.45, 7) is 3.83. The first-order valence-electron chi connectivity index (χ1n) is 13.8. The summed E-state index contributed by atoms with van der Waals surface area (Å²) in [6, 6.07) is 0. The van der Waals surface area contributed by atoms with Gasteiger partial charge in [0.15, 0.2) is 0 Å². The smallest absolute Gasteiger partial charge is 0.0388 e. The molecule has 1 saturated heterocycles. The molecule has 3 aliphatic carbocycles. The largest absolute Gasteiger partial charge is 0.361 e. The Kier molecular flexibility index (Phi) is 7.20. The van der Waals surface area contributed by atoms with Crippen LogP contribution >= 0.6 is 0 Å². The highest BCUT2D eigenvalue weighted by Crippen LogP contribution is 2.37. The zero-order valence-corrected chi connectivity index (χ0v) is 19.5. The number of aromatic amines is 1. The Balaban J connectivity index is 1.33. The predicted octanol–water partition coefficient (Wildman–Crippen LogP) is 7.20. The Morgan fingerprint density at radius 1 is 0.567 bits per heavy atom. The summed E-state index contributed by atoms with van der Waals surface area (Å²) in [5, 5.41) is 0. The van der Waals surface area contributed by atoms with E-state index < -0.39 is 0 Å². The van der Waals surface area contributed by atoms with Gasteiger partial charge in [-0.15, -0.1) is 0 Å². The van der Waals surface area contributed by atoms with Crippen LogP contribution in [0.1, 0.15) is 119 Å². The summed E-state index contributed by atoms with van der Waals surface area (Å²) in [4.78, 5) is 6.72. The van der Waals surface area contributed by atoms with Crippen LogP contribution in [0.2, 0.25) is 0 Å². The van der Waals surface area contributed by atoms with Crippen molar-refractivity contribution in [1.82, 2.24) is 9.88 Å². The standard InChI is InChI=1S/C28H46N2/c1-2-7-22(8-3-1)14-17-26-25(16-13-23-9-4-5-10-23)27(18-15-24-11-12-24)29-28(26)21-30-19-6-20-30/h22-24,29H,1-21H2. The van der Waals surface area contributed by atoms with Crippen molar-refractivity contribution in [3.63, 3.8) is 0 Å². The predicted molar refractivity (Wildman–Crippen MR) is 127 cm³/mol. The van der Waals surface area contributed by atoms with Crippen molar-refractivity contribution in [3.8, 4) is 0 Å². The second-order valence-electron chi connectivity index (χ2n) is 11.4. The van der Waals surface area contributed by atoms with Crippen LogP contribution in [0.4, 0.5) is 0 Å². The Morgan fingerprint density at radius 2 is 1.10 bits per heavy atom. The lowest BCUT2D eigenvalue weighted by Gasteiger charge is -2.30. The van der Waals surface area contributed by atoms with E-state index in [9.17, 15) is 0 Å². The molecule has 0 atom stereocenters. The highest BCUT2D eigenvalue weighted by Gasteiger charge is 2.26. The van der Waals surface area contributed by atoms with Gasteiger partial charge in [-0.1, -0.05) is 70.6 Å². The summed E-state index contributed by atoms with van der Waals surface area (Å²) in [5.74, 6) is 3.06. The summed E-state index contributed by atoms with van der Waals surface area (Å²) in [5.41, 5.74) is 6.87. The van der Waals surface area contributed by atoms with Crippen molar-refractivity contribution in [3.05, 3.63) is 22.5 Å². The van der Waals surface area contributed by atoms with E-state index in [1.165, 1.54) is 135 Å². The molecule has 0 radical (unpaired) electrons. The number of rotatable bonds is 11. The summed E-state index contributed by atoms with van der Waals surface area (Å²) < 4.78 is 0. The summed E-state index contributed by atoms with van der Waals surface area (Å²) >= 11 is 0. The van der Waals surface area contributed by atoms with Gasteiger partial charge in [-0.3, -0.25) is 4.90 Å². The number of likely N-dealkylation sites (tertiary alicyclic amines) is 1. The van der Waals surface area contributed by atoms with E-state index >= 15 is 0 Å². The minimum Gasteiger partial charge on any atom is -0.361 e. The lowest BCUT2D eigenvalue weighted by atomic mass is 9.84. The molecule has 1 aromatic rings. The molecule has 0 amide bonds. The third-order valence-electron chi connectivity index (χ3n) is 9.03. The zero-order valence-electron chi connectivity index (χ0n) is 19.5. The lowest BCUT2D eigenvalue weighted by Crippen LogP contribution is -2.36. The van der Waals surface area contributed by atoms with Crippen molar-refractivity contribution in [2.75, 3.05) is 13.1 Å². The van der Waals surface area contributed by atoms with Crippen molar-refractivity contribution in [1.29, 1.82) is 0 Å². The molecule has 2 heterocycles. The first-order valence-corrected chi connectivity index (χ1v) is 13.8. The lowest BCUT2D eigenvalue weighted by molar-refractivity contribution is 0.170. The van der Waals surface area contributed by atoms with Gasteiger partial charge in [-0.05, 0) is 86.9 Å². The molecule has 1 aromatic heterocycles. The van der Waals surface area contributed by atoms with Crippen molar-refractivity contribution in [2.24, 2.45) is 17.8 Å². The molecule has 168 valence electrons. The second-order valence-corrected chi connectivity index (χ2v) is 11.4. The van der Waals surface area contributed by atoms with Gasteiger partial charge >= 0.3 is 0 Å². The number of nitrogens with zero attached hydrogens (tertiary/aromatic N) is 1.